The summed E-state index contributed by atoms with van der Waals surface area (Å²) in [6.45, 7) is 5.07. The zero-order chi connectivity index (χ0) is 24.8. The molecule has 2 heterocycles. The second-order valence-electron chi connectivity index (χ2n) is 8.52. The minimum Gasteiger partial charge on any atom is -0.365 e. The smallest absolute Gasteiger partial charge is 0.321 e. The molecule has 0 radical (unpaired) electrons. The summed E-state index contributed by atoms with van der Waals surface area (Å²) in [4.78, 5) is 37.3. The summed E-state index contributed by atoms with van der Waals surface area (Å²) >= 11 is 0. The van der Waals surface area contributed by atoms with Crippen LogP contribution in [0.4, 0.5) is 27.9 Å². The third-order valence-electron chi connectivity index (χ3n) is 5.87. The fraction of sp³-hybridized carbons (Fsp3) is 0.280. The van der Waals surface area contributed by atoms with Crippen molar-refractivity contribution in [2.75, 3.05) is 49.2 Å². The van der Waals surface area contributed by atoms with Gasteiger partial charge in [0.25, 0.3) is 5.91 Å². The number of carbonyl (C=O) groups excluding carboxylic acids is 2. The number of piperazine rings is 1. The number of rotatable bonds is 7. The van der Waals surface area contributed by atoms with Crippen LogP contribution in [0.25, 0.3) is 0 Å². The maximum atomic E-state index is 12.6. The van der Waals surface area contributed by atoms with Crippen LogP contribution in [0.2, 0.25) is 0 Å². The molecule has 0 bridgehead atoms. The Hall–Kier alpha value is -4.18. The van der Waals surface area contributed by atoms with Crippen molar-refractivity contribution in [2.24, 2.45) is 5.73 Å². The number of nitrogens with two attached hydrogens (primary N) is 1. The van der Waals surface area contributed by atoms with Crippen LogP contribution in [0, 0.1) is 0 Å². The maximum absolute atomic E-state index is 12.6. The van der Waals surface area contributed by atoms with E-state index in [2.05, 4.69) is 30.8 Å². The Morgan fingerprint density at radius 1 is 1.00 bits per heavy atom. The monoisotopic (exact) mass is 474 g/mol. The molecule has 0 spiro atoms. The number of likely N-dealkylation sites (N-methyl/N-ethyl adjacent to an activating group) is 1. The summed E-state index contributed by atoms with van der Waals surface area (Å²) in [5.41, 5.74) is 8.13. The van der Waals surface area contributed by atoms with Crippen LogP contribution in [-0.2, 0) is 0 Å². The molecule has 1 saturated heterocycles. The van der Waals surface area contributed by atoms with Gasteiger partial charge in [0.15, 0.2) is 0 Å². The molecule has 4 rings (SSSR count). The second-order valence-corrected chi connectivity index (χ2v) is 8.52. The summed E-state index contributed by atoms with van der Waals surface area (Å²) in [7, 11) is 2.05. The lowest BCUT2D eigenvalue weighted by Crippen LogP contribution is -2.48. The van der Waals surface area contributed by atoms with Crippen LogP contribution < -0.4 is 21.7 Å². The number of amides is 3. The number of aromatic nitrogens is 2. The molecule has 0 saturated carbocycles. The first-order chi connectivity index (χ1) is 16.9. The van der Waals surface area contributed by atoms with Gasteiger partial charge in [-0.05, 0) is 37.7 Å². The van der Waals surface area contributed by atoms with Gasteiger partial charge in [-0.25, -0.2) is 9.78 Å². The quantitative estimate of drug-likeness (QED) is 0.414. The first-order valence-electron chi connectivity index (χ1n) is 11.5. The number of nitrogens with one attached hydrogen (secondary N) is 3. The molecule has 182 valence electrons. The molecule has 10 nitrogen and oxygen atoms in total. The van der Waals surface area contributed by atoms with E-state index in [0.29, 0.717) is 36.2 Å². The zero-order valence-corrected chi connectivity index (χ0v) is 19.9. The summed E-state index contributed by atoms with van der Waals surface area (Å²) in [5, 5.41) is 9.34. The van der Waals surface area contributed by atoms with Gasteiger partial charge in [-0.1, -0.05) is 36.4 Å². The molecule has 1 aliphatic rings. The third kappa shape index (κ3) is 6.24. The van der Waals surface area contributed by atoms with Crippen LogP contribution in [0.15, 0.2) is 60.8 Å². The van der Waals surface area contributed by atoms with E-state index >= 15 is 0 Å². The highest BCUT2D eigenvalue weighted by atomic mass is 16.2. The van der Waals surface area contributed by atoms with Gasteiger partial charge in [-0.3, -0.25) is 4.79 Å². The topological polar surface area (TPSA) is 129 Å². The van der Waals surface area contributed by atoms with Gasteiger partial charge >= 0.3 is 6.03 Å². The molecule has 10 heteroatoms. The zero-order valence-electron chi connectivity index (χ0n) is 19.9. The van der Waals surface area contributed by atoms with E-state index in [1.807, 2.05) is 62.5 Å². The fourth-order valence-corrected chi connectivity index (χ4v) is 3.78. The Morgan fingerprint density at radius 3 is 2.43 bits per heavy atom. The Bertz CT molecular complexity index is 1180. The first-order valence-corrected chi connectivity index (χ1v) is 11.5. The highest BCUT2D eigenvalue weighted by molar-refractivity contribution is 5.97. The van der Waals surface area contributed by atoms with Crippen molar-refractivity contribution in [3.05, 3.63) is 71.9 Å². The Kier molecular flexibility index (Phi) is 7.41. The van der Waals surface area contributed by atoms with E-state index in [1.165, 1.54) is 6.20 Å². The highest BCUT2D eigenvalue weighted by Gasteiger charge is 2.19. The Morgan fingerprint density at radius 2 is 1.71 bits per heavy atom. The predicted molar refractivity (Wildman–Crippen MR) is 137 cm³/mol. The molecule has 1 aliphatic heterocycles. The summed E-state index contributed by atoms with van der Waals surface area (Å²) in [6.07, 6.45) is 1.40. The molecule has 2 aromatic carbocycles. The molecule has 1 fully saturated rings. The molecular weight excluding hydrogens is 444 g/mol. The van der Waals surface area contributed by atoms with Crippen molar-refractivity contribution in [1.29, 1.82) is 0 Å². The van der Waals surface area contributed by atoms with Crippen molar-refractivity contribution in [1.82, 2.24) is 19.8 Å². The van der Waals surface area contributed by atoms with Crippen molar-refractivity contribution >= 4 is 35.1 Å². The largest absolute Gasteiger partial charge is 0.365 e. The number of benzene rings is 2. The molecule has 1 aromatic heterocycles. The fourth-order valence-electron chi connectivity index (χ4n) is 3.78. The maximum Gasteiger partial charge on any atom is 0.321 e. The molecule has 3 amide bonds. The predicted octanol–water partition coefficient (Wildman–Crippen LogP) is 3.27. The van der Waals surface area contributed by atoms with Crippen LogP contribution in [-0.4, -0.2) is 64.9 Å². The number of hydrogen-bond acceptors (Lipinski definition) is 7. The summed E-state index contributed by atoms with van der Waals surface area (Å²) < 4.78 is 0. The number of carbonyl (C=O) groups is 2. The Balaban J connectivity index is 1.47. The average Bonchev–Trinajstić information content (AvgIpc) is 2.85. The molecule has 0 aliphatic carbocycles. The SMILES string of the molecule is CC(Nc1nc(Nc2cccc(NC(=O)N3CCN(C)CC3)c2)ncc1C(N)=O)c1ccccc1. The van der Waals surface area contributed by atoms with Crippen molar-refractivity contribution in [2.45, 2.75) is 13.0 Å². The third-order valence-corrected chi connectivity index (χ3v) is 5.87. The molecular formula is C25H30N8O2. The number of hydrogen-bond donors (Lipinski definition) is 4. The van der Waals surface area contributed by atoms with E-state index in [1.54, 1.807) is 11.0 Å². The molecule has 1 atom stereocenters. The first kappa shape index (κ1) is 24.0. The Labute approximate surface area is 204 Å². The summed E-state index contributed by atoms with van der Waals surface area (Å²) in [5.74, 6) is 0.0131. The molecule has 5 N–H and O–H groups in total. The van der Waals surface area contributed by atoms with Crippen LogP contribution in [0.5, 0.6) is 0 Å². The van der Waals surface area contributed by atoms with E-state index in [0.717, 1.165) is 18.7 Å². The van der Waals surface area contributed by atoms with Crippen LogP contribution >= 0.6 is 0 Å². The van der Waals surface area contributed by atoms with Crippen LogP contribution in [0.3, 0.4) is 0 Å². The second kappa shape index (κ2) is 10.8. The van der Waals surface area contributed by atoms with Crippen LogP contribution in [0.1, 0.15) is 28.9 Å². The molecule has 35 heavy (non-hydrogen) atoms. The number of nitrogens with zero attached hydrogens (tertiary/aromatic N) is 4. The molecule has 1 unspecified atom stereocenters. The van der Waals surface area contributed by atoms with Gasteiger partial charge in [0.05, 0.1) is 5.56 Å². The molecule has 3 aromatic rings. The van der Waals surface area contributed by atoms with Gasteiger partial charge < -0.3 is 31.5 Å². The average molecular weight is 475 g/mol. The lowest BCUT2D eigenvalue weighted by atomic mass is 10.1. The van der Waals surface area contributed by atoms with E-state index < -0.39 is 5.91 Å². The van der Waals surface area contributed by atoms with Crippen molar-refractivity contribution < 1.29 is 9.59 Å². The van der Waals surface area contributed by atoms with Gasteiger partial charge in [-0.2, -0.15) is 4.98 Å². The van der Waals surface area contributed by atoms with Crippen molar-refractivity contribution in [3.63, 3.8) is 0 Å². The number of primary amides is 1. The van der Waals surface area contributed by atoms with Gasteiger partial charge in [0, 0.05) is 49.8 Å². The van der Waals surface area contributed by atoms with Gasteiger partial charge in [0.2, 0.25) is 5.95 Å². The lowest BCUT2D eigenvalue weighted by Gasteiger charge is -2.32. The number of anilines is 4. The van der Waals surface area contributed by atoms with Crippen molar-refractivity contribution in [3.8, 4) is 0 Å². The van der Waals surface area contributed by atoms with E-state index in [4.69, 9.17) is 5.73 Å². The minimum atomic E-state index is -0.618. The summed E-state index contributed by atoms with van der Waals surface area (Å²) in [6, 6.07) is 16.9. The highest BCUT2D eigenvalue weighted by Crippen LogP contribution is 2.24. The number of urea groups is 1. The van der Waals surface area contributed by atoms with E-state index in [-0.39, 0.29) is 17.6 Å². The lowest BCUT2D eigenvalue weighted by molar-refractivity contribution is 0.100. The minimum absolute atomic E-state index is 0.106. The van der Waals surface area contributed by atoms with Gasteiger partial charge in [0.1, 0.15) is 5.82 Å². The normalized spacial score (nSPS) is 14.7. The standard InChI is InChI=1S/C25H30N8O2/c1-17(18-7-4-3-5-8-18)28-23-21(22(26)34)16-27-24(31-23)29-19-9-6-10-20(15-19)30-25(35)33-13-11-32(2)12-14-33/h3-10,15-17H,11-14H2,1-2H3,(H2,26,34)(H,30,35)(H2,27,28,29,31). The van der Waals surface area contributed by atoms with E-state index in [9.17, 15) is 9.59 Å². The van der Waals surface area contributed by atoms with Gasteiger partial charge in [-0.15, -0.1) is 0 Å².